The fourth-order valence-corrected chi connectivity index (χ4v) is 2.27. The Balaban J connectivity index is 1.93. The number of para-hydroxylation sites is 2. The van der Waals surface area contributed by atoms with Crippen LogP contribution in [0.25, 0.3) is 6.08 Å². The number of ether oxygens (including phenoxy) is 1. The fraction of sp³-hybridized carbons (Fsp3) is 0.118. The molecule has 0 saturated heterocycles. The minimum absolute atomic E-state index is 0.0611. The molecule has 0 aromatic heterocycles. The minimum atomic E-state index is -4.39. The van der Waals surface area contributed by atoms with Gasteiger partial charge in [-0.1, -0.05) is 24.3 Å². The summed E-state index contributed by atoms with van der Waals surface area (Å²) >= 11 is 0. The van der Waals surface area contributed by atoms with Crippen LogP contribution < -0.4 is 9.64 Å². The first-order chi connectivity index (χ1) is 10.9. The Hall–Kier alpha value is -2.76. The van der Waals surface area contributed by atoms with Crippen LogP contribution in [0.4, 0.5) is 18.9 Å². The third kappa shape index (κ3) is 2.92. The molecule has 0 N–H and O–H groups in total. The fourth-order valence-electron chi connectivity index (χ4n) is 2.27. The molecular weight excluding hydrogens is 307 g/mol. The molecule has 1 heterocycles. The lowest BCUT2D eigenvalue weighted by molar-refractivity contribution is -0.137. The van der Waals surface area contributed by atoms with Gasteiger partial charge in [0.1, 0.15) is 0 Å². The second-order valence-corrected chi connectivity index (χ2v) is 5.06. The summed E-state index contributed by atoms with van der Waals surface area (Å²) in [5.74, 6) is 0.224. The molecule has 0 aliphatic carbocycles. The third-order valence-electron chi connectivity index (χ3n) is 3.50. The maximum absolute atomic E-state index is 12.6. The standard InChI is InChI=1S/C17H12F3NO2/c1-21-13-4-2-3-5-14(13)23-15(16(21)22)10-11-6-8-12(9-7-11)17(18,19)20/h2-10H,1H3/b15-10-. The predicted octanol–water partition coefficient (Wildman–Crippen LogP) is 4.10. The summed E-state index contributed by atoms with van der Waals surface area (Å²) in [6.07, 6.45) is -2.96. The van der Waals surface area contributed by atoms with E-state index in [1.807, 2.05) is 0 Å². The van der Waals surface area contributed by atoms with E-state index in [0.29, 0.717) is 17.0 Å². The van der Waals surface area contributed by atoms with Gasteiger partial charge >= 0.3 is 6.18 Å². The van der Waals surface area contributed by atoms with Crippen LogP contribution in [-0.2, 0) is 11.0 Å². The number of rotatable bonds is 1. The summed E-state index contributed by atoms with van der Waals surface area (Å²) in [7, 11) is 1.62. The Morgan fingerprint density at radius 2 is 1.70 bits per heavy atom. The average molecular weight is 319 g/mol. The number of halogens is 3. The summed E-state index contributed by atoms with van der Waals surface area (Å²) < 4.78 is 43.2. The summed E-state index contributed by atoms with van der Waals surface area (Å²) in [6.45, 7) is 0. The molecule has 0 atom stereocenters. The SMILES string of the molecule is CN1C(=O)/C(=C/c2ccc(C(F)(F)F)cc2)Oc2ccccc21. The van der Waals surface area contributed by atoms with Crippen LogP contribution in [-0.4, -0.2) is 13.0 Å². The topological polar surface area (TPSA) is 29.5 Å². The van der Waals surface area contributed by atoms with Gasteiger partial charge in [-0.25, -0.2) is 0 Å². The van der Waals surface area contributed by atoms with Crippen LogP contribution in [0.15, 0.2) is 54.3 Å². The number of alkyl halides is 3. The lowest BCUT2D eigenvalue weighted by atomic mass is 10.1. The van der Waals surface area contributed by atoms with E-state index >= 15 is 0 Å². The van der Waals surface area contributed by atoms with E-state index in [2.05, 4.69) is 0 Å². The van der Waals surface area contributed by atoms with E-state index < -0.39 is 11.7 Å². The second kappa shape index (κ2) is 5.46. The average Bonchev–Trinajstić information content (AvgIpc) is 2.52. The van der Waals surface area contributed by atoms with Crippen molar-refractivity contribution in [2.75, 3.05) is 11.9 Å². The molecule has 3 rings (SSSR count). The molecule has 0 bridgehead atoms. The van der Waals surface area contributed by atoms with Gasteiger partial charge in [0, 0.05) is 7.05 Å². The van der Waals surface area contributed by atoms with Crippen molar-refractivity contribution in [3.63, 3.8) is 0 Å². The molecule has 2 aromatic rings. The molecular formula is C17H12F3NO2. The zero-order valence-electron chi connectivity index (χ0n) is 12.1. The van der Waals surface area contributed by atoms with Crippen molar-refractivity contribution in [2.45, 2.75) is 6.18 Å². The van der Waals surface area contributed by atoms with Gasteiger partial charge in [-0.05, 0) is 35.9 Å². The first kappa shape index (κ1) is 15.1. The van der Waals surface area contributed by atoms with Gasteiger partial charge in [-0.15, -0.1) is 0 Å². The zero-order valence-corrected chi connectivity index (χ0v) is 12.1. The Morgan fingerprint density at radius 3 is 2.35 bits per heavy atom. The van der Waals surface area contributed by atoms with Crippen LogP contribution in [0.5, 0.6) is 5.75 Å². The summed E-state index contributed by atoms with van der Waals surface area (Å²) in [6, 6.07) is 11.6. The number of carbonyl (C=O) groups excluding carboxylic acids is 1. The quantitative estimate of drug-likeness (QED) is 0.741. The number of carbonyl (C=O) groups is 1. The molecule has 0 spiro atoms. The molecule has 3 nitrogen and oxygen atoms in total. The van der Waals surface area contributed by atoms with E-state index in [0.717, 1.165) is 12.1 Å². The highest BCUT2D eigenvalue weighted by Gasteiger charge is 2.30. The Bertz CT molecular complexity index is 779. The second-order valence-electron chi connectivity index (χ2n) is 5.06. The van der Waals surface area contributed by atoms with Crippen LogP contribution in [0, 0.1) is 0 Å². The maximum atomic E-state index is 12.6. The number of likely N-dealkylation sites (N-methyl/N-ethyl adjacent to an activating group) is 1. The van der Waals surface area contributed by atoms with E-state index in [1.54, 1.807) is 31.3 Å². The smallest absolute Gasteiger partial charge is 0.416 e. The third-order valence-corrected chi connectivity index (χ3v) is 3.50. The van der Waals surface area contributed by atoms with Gasteiger partial charge < -0.3 is 9.64 Å². The highest BCUT2D eigenvalue weighted by molar-refractivity contribution is 6.09. The highest BCUT2D eigenvalue weighted by atomic mass is 19.4. The molecule has 2 aromatic carbocycles. The zero-order chi connectivity index (χ0) is 16.6. The number of hydrogen-bond acceptors (Lipinski definition) is 2. The van der Waals surface area contributed by atoms with Crippen molar-refractivity contribution in [2.24, 2.45) is 0 Å². The van der Waals surface area contributed by atoms with Gasteiger partial charge in [-0.2, -0.15) is 13.2 Å². The van der Waals surface area contributed by atoms with Gasteiger partial charge in [0.2, 0.25) is 0 Å². The normalized spacial score (nSPS) is 16.3. The molecule has 0 radical (unpaired) electrons. The Labute approximate surface area is 130 Å². The molecule has 1 aliphatic rings. The van der Waals surface area contributed by atoms with E-state index in [1.165, 1.54) is 23.1 Å². The van der Waals surface area contributed by atoms with Gasteiger partial charge in [0.05, 0.1) is 11.3 Å². The Kier molecular flexibility index (Phi) is 3.60. The van der Waals surface area contributed by atoms with Crippen LogP contribution in [0.1, 0.15) is 11.1 Å². The van der Waals surface area contributed by atoms with E-state index in [-0.39, 0.29) is 11.7 Å². The maximum Gasteiger partial charge on any atom is 0.416 e. The van der Waals surface area contributed by atoms with Crippen molar-refractivity contribution in [1.29, 1.82) is 0 Å². The van der Waals surface area contributed by atoms with Gasteiger partial charge in [0.25, 0.3) is 5.91 Å². The van der Waals surface area contributed by atoms with Gasteiger partial charge in [0.15, 0.2) is 11.5 Å². The van der Waals surface area contributed by atoms with Crippen molar-refractivity contribution < 1.29 is 22.7 Å². The Morgan fingerprint density at radius 1 is 1.04 bits per heavy atom. The molecule has 23 heavy (non-hydrogen) atoms. The minimum Gasteiger partial charge on any atom is -0.449 e. The summed E-state index contributed by atoms with van der Waals surface area (Å²) in [5, 5.41) is 0. The number of benzene rings is 2. The van der Waals surface area contributed by atoms with Crippen LogP contribution in [0.2, 0.25) is 0 Å². The molecule has 118 valence electrons. The monoisotopic (exact) mass is 319 g/mol. The molecule has 1 amide bonds. The predicted molar refractivity (Wildman–Crippen MR) is 79.9 cm³/mol. The largest absolute Gasteiger partial charge is 0.449 e. The molecule has 0 unspecified atom stereocenters. The summed E-state index contributed by atoms with van der Waals surface area (Å²) in [4.78, 5) is 13.7. The van der Waals surface area contributed by atoms with E-state index in [9.17, 15) is 18.0 Å². The molecule has 0 saturated carbocycles. The van der Waals surface area contributed by atoms with Crippen LogP contribution >= 0.6 is 0 Å². The van der Waals surface area contributed by atoms with Crippen LogP contribution in [0.3, 0.4) is 0 Å². The number of hydrogen-bond donors (Lipinski definition) is 0. The highest BCUT2D eigenvalue weighted by Crippen LogP contribution is 2.34. The molecule has 0 fully saturated rings. The van der Waals surface area contributed by atoms with Gasteiger partial charge in [-0.3, -0.25) is 4.79 Å². The number of nitrogens with zero attached hydrogens (tertiary/aromatic N) is 1. The molecule has 6 heteroatoms. The van der Waals surface area contributed by atoms with E-state index in [4.69, 9.17) is 4.74 Å². The first-order valence-electron chi connectivity index (χ1n) is 6.80. The number of anilines is 1. The number of amides is 1. The lowest BCUT2D eigenvalue weighted by Crippen LogP contribution is -2.33. The molecule has 1 aliphatic heterocycles. The lowest BCUT2D eigenvalue weighted by Gasteiger charge is -2.27. The summed E-state index contributed by atoms with van der Waals surface area (Å²) in [5.41, 5.74) is 0.356. The number of fused-ring (bicyclic) bond motifs is 1. The first-order valence-corrected chi connectivity index (χ1v) is 6.80. The van der Waals surface area contributed by atoms with Crippen molar-refractivity contribution >= 4 is 17.7 Å². The van der Waals surface area contributed by atoms with Crippen molar-refractivity contribution in [3.05, 3.63) is 65.4 Å². The van der Waals surface area contributed by atoms with Crippen molar-refractivity contribution in [3.8, 4) is 5.75 Å². The van der Waals surface area contributed by atoms with Crippen molar-refractivity contribution in [1.82, 2.24) is 0 Å².